The Labute approximate surface area is 434 Å². The average molecular weight is 1040 g/mol. The van der Waals surface area contributed by atoms with E-state index in [0.717, 1.165) is 71.6 Å². The van der Waals surface area contributed by atoms with Crippen LogP contribution >= 0.6 is 48.0 Å². The molecule has 4 aliphatic heterocycles. The summed E-state index contributed by atoms with van der Waals surface area (Å²) in [6, 6.07) is 32.4. The van der Waals surface area contributed by atoms with Crippen molar-refractivity contribution >= 4 is 98.3 Å². The van der Waals surface area contributed by atoms with Crippen molar-refractivity contribution in [3.8, 4) is 12.1 Å². The molecular weight excluding hydrogens is 993 g/mol. The zero-order chi connectivity index (χ0) is 50.6. The number of benzene rings is 2. The number of carboxylic acids is 1. The lowest BCUT2D eigenvalue weighted by molar-refractivity contribution is -0.134. The molecule has 0 spiro atoms. The van der Waals surface area contributed by atoms with Gasteiger partial charge < -0.3 is 32.6 Å². The van der Waals surface area contributed by atoms with E-state index in [1.165, 1.54) is 44.5 Å². The Balaban J connectivity index is 0.000000179. The fraction of sp³-hybridized carbons (Fsp3) is 0.288. The van der Waals surface area contributed by atoms with E-state index in [0.29, 0.717) is 53.6 Å². The van der Waals surface area contributed by atoms with Crippen molar-refractivity contribution in [2.75, 3.05) is 36.0 Å². The minimum atomic E-state index is -0.833. The number of thiocarbonyl (C=S) groups is 2. The Morgan fingerprint density at radius 1 is 0.667 bits per heavy atom. The van der Waals surface area contributed by atoms with Crippen LogP contribution in [0.4, 0.5) is 11.8 Å². The van der Waals surface area contributed by atoms with Crippen LogP contribution < -0.4 is 9.80 Å². The van der Waals surface area contributed by atoms with Crippen LogP contribution in [-0.2, 0) is 40.3 Å². The first-order valence-corrected chi connectivity index (χ1v) is 25.5. The standard InChI is InChI=1S/2C25H22N4O3S2.C2H4O2/c2*26-15-20-24(28-10-8-18(9-11-28)13-17-5-2-1-3-6-17)32-22(27-20)14-21-23(30)29(25(33)34-21)16-19-7-4-12-31-19;1-2(3)4/h2*1-7,12,14,18H,8-11,13,16H2;1H3,(H,3,4)/b2*21-14+;. The number of carbonyl (C=O) groups excluding carboxylic acids is 2. The van der Waals surface area contributed by atoms with Crippen molar-refractivity contribution in [2.24, 2.45) is 11.8 Å². The highest BCUT2D eigenvalue weighted by atomic mass is 32.2. The molecule has 0 bridgehead atoms. The second-order valence-corrected chi connectivity index (χ2v) is 20.4. The lowest BCUT2D eigenvalue weighted by Gasteiger charge is -2.31. The molecule has 20 heteroatoms. The first-order chi connectivity index (χ1) is 34.9. The Bertz CT molecular complexity index is 2810. The molecule has 16 nitrogen and oxygen atoms in total. The van der Waals surface area contributed by atoms with Crippen LogP contribution in [0.5, 0.6) is 0 Å². The number of nitriles is 2. The number of hydrogen-bond donors (Lipinski definition) is 1. The van der Waals surface area contributed by atoms with Gasteiger partial charge in [-0.2, -0.15) is 20.5 Å². The molecule has 4 fully saturated rings. The largest absolute Gasteiger partial charge is 0.481 e. The van der Waals surface area contributed by atoms with Crippen LogP contribution in [0.15, 0.2) is 125 Å². The number of oxazole rings is 2. The van der Waals surface area contributed by atoms with Gasteiger partial charge in [0.05, 0.1) is 35.4 Å². The maximum Gasteiger partial charge on any atom is 0.300 e. The number of piperidine rings is 2. The number of aliphatic carboxylic acids is 1. The molecule has 4 aliphatic rings. The molecular formula is C52H48N8O8S4. The van der Waals surface area contributed by atoms with Gasteiger partial charge in [0.2, 0.25) is 34.9 Å². The summed E-state index contributed by atoms with van der Waals surface area (Å²) in [6.45, 7) is 4.82. The molecule has 6 aromatic rings. The van der Waals surface area contributed by atoms with E-state index < -0.39 is 5.97 Å². The number of nitrogens with zero attached hydrogens (tertiary/aromatic N) is 8. The van der Waals surface area contributed by atoms with E-state index in [9.17, 15) is 20.1 Å². The number of anilines is 2. The molecule has 368 valence electrons. The normalized spacial score (nSPS) is 17.5. The van der Waals surface area contributed by atoms with E-state index in [1.54, 1.807) is 48.9 Å². The summed E-state index contributed by atoms with van der Waals surface area (Å²) in [5.74, 6) is 2.61. The number of hydrogen-bond acceptors (Lipinski definition) is 17. The van der Waals surface area contributed by atoms with Crippen LogP contribution in [-0.4, -0.2) is 77.5 Å². The summed E-state index contributed by atoms with van der Waals surface area (Å²) in [4.78, 5) is 51.3. The SMILES string of the molecule is CC(=O)O.N#Cc1nc(/C=C2/SC(=S)N(Cc3ccco3)C2=O)oc1N1CCC(Cc2ccccc2)CC1.N#Cc1nc(/C=C2/SC(=S)N(Cc3ccco3)C2=O)oc1N1CCC(Cc2ccccc2)CC1. The predicted octanol–water partition coefficient (Wildman–Crippen LogP) is 10.1. The van der Waals surface area contributed by atoms with Crippen molar-refractivity contribution < 1.29 is 37.2 Å². The van der Waals surface area contributed by atoms with Crippen LogP contribution in [0.3, 0.4) is 0 Å². The minimum absolute atomic E-state index is 0.230. The molecule has 4 saturated heterocycles. The van der Waals surface area contributed by atoms with Gasteiger partial charge in [-0.25, -0.2) is 0 Å². The zero-order valence-electron chi connectivity index (χ0n) is 39.0. The van der Waals surface area contributed by atoms with Gasteiger partial charge in [-0.3, -0.25) is 24.2 Å². The summed E-state index contributed by atoms with van der Waals surface area (Å²) in [7, 11) is 0. The molecule has 2 aromatic carbocycles. The fourth-order valence-electron chi connectivity index (χ4n) is 8.54. The monoisotopic (exact) mass is 1040 g/mol. The van der Waals surface area contributed by atoms with Crippen molar-refractivity contribution in [3.05, 3.63) is 153 Å². The molecule has 72 heavy (non-hydrogen) atoms. The summed E-state index contributed by atoms with van der Waals surface area (Å²) in [5, 5.41) is 26.7. The van der Waals surface area contributed by atoms with Gasteiger partial charge in [0, 0.05) is 45.3 Å². The molecule has 0 atom stereocenters. The predicted molar refractivity (Wildman–Crippen MR) is 281 cm³/mol. The van der Waals surface area contributed by atoms with E-state index in [2.05, 4.69) is 80.4 Å². The Hall–Kier alpha value is -7.23. The fourth-order valence-corrected chi connectivity index (χ4v) is 11.0. The van der Waals surface area contributed by atoms with Crippen LogP contribution in [0.1, 0.15) is 78.4 Å². The number of aromatic nitrogens is 2. The van der Waals surface area contributed by atoms with E-state index in [-0.39, 0.29) is 48.1 Å². The highest BCUT2D eigenvalue weighted by Crippen LogP contribution is 2.37. The minimum Gasteiger partial charge on any atom is -0.481 e. The summed E-state index contributed by atoms with van der Waals surface area (Å²) in [6.07, 6.45) is 12.4. The summed E-state index contributed by atoms with van der Waals surface area (Å²) < 4.78 is 23.5. The average Bonchev–Trinajstić information content (AvgIpc) is 4.27. The molecule has 0 saturated carbocycles. The van der Waals surface area contributed by atoms with Crippen LogP contribution in [0.25, 0.3) is 12.2 Å². The molecule has 0 radical (unpaired) electrons. The van der Waals surface area contributed by atoms with Crippen molar-refractivity contribution in [2.45, 2.75) is 58.5 Å². The lowest BCUT2D eigenvalue weighted by atomic mass is 9.90. The maximum atomic E-state index is 12.9. The highest BCUT2D eigenvalue weighted by Gasteiger charge is 2.35. The molecule has 1 N–H and O–H groups in total. The van der Waals surface area contributed by atoms with Gasteiger partial charge in [0.25, 0.3) is 17.8 Å². The number of amides is 2. The third-order valence-corrected chi connectivity index (χ3v) is 14.8. The van der Waals surface area contributed by atoms with Crippen molar-refractivity contribution in [1.29, 1.82) is 10.5 Å². The molecule has 2 amide bonds. The number of thioether (sulfide) groups is 2. The maximum absolute atomic E-state index is 12.9. The smallest absolute Gasteiger partial charge is 0.300 e. The van der Waals surface area contributed by atoms with Gasteiger partial charge >= 0.3 is 0 Å². The van der Waals surface area contributed by atoms with Gasteiger partial charge in [0.1, 0.15) is 32.3 Å². The van der Waals surface area contributed by atoms with Gasteiger partial charge in [0.15, 0.2) is 0 Å². The van der Waals surface area contributed by atoms with E-state index >= 15 is 0 Å². The summed E-state index contributed by atoms with van der Waals surface area (Å²) in [5.41, 5.74) is 3.17. The first kappa shape index (κ1) is 51.1. The first-order valence-electron chi connectivity index (χ1n) is 23.1. The van der Waals surface area contributed by atoms with Gasteiger partial charge in [-0.05, 0) is 85.8 Å². The highest BCUT2D eigenvalue weighted by molar-refractivity contribution is 8.27. The van der Waals surface area contributed by atoms with Crippen LogP contribution in [0.2, 0.25) is 0 Å². The molecule has 0 unspecified atom stereocenters. The second-order valence-electron chi connectivity index (χ2n) is 17.1. The molecule has 0 aliphatic carbocycles. The Kier molecular flexibility index (Phi) is 17.2. The molecule has 8 heterocycles. The number of furan rings is 2. The zero-order valence-corrected chi connectivity index (χ0v) is 42.3. The van der Waals surface area contributed by atoms with E-state index in [4.69, 9.17) is 52.0 Å². The van der Waals surface area contributed by atoms with Gasteiger partial charge in [-0.1, -0.05) is 109 Å². The second kappa shape index (κ2) is 24.3. The van der Waals surface area contributed by atoms with Gasteiger partial charge in [-0.15, -0.1) is 0 Å². The lowest BCUT2D eigenvalue weighted by Crippen LogP contribution is -2.34. The Morgan fingerprint density at radius 2 is 1.04 bits per heavy atom. The van der Waals surface area contributed by atoms with Crippen molar-refractivity contribution in [1.82, 2.24) is 19.8 Å². The summed E-state index contributed by atoms with van der Waals surface area (Å²) >= 11 is 13.1. The molecule has 10 rings (SSSR count). The Morgan fingerprint density at radius 3 is 1.38 bits per heavy atom. The third kappa shape index (κ3) is 13.2. The number of carbonyl (C=O) groups is 3. The van der Waals surface area contributed by atoms with E-state index in [1.807, 2.05) is 12.1 Å². The topological polar surface area (TPSA) is 210 Å². The van der Waals surface area contributed by atoms with Crippen molar-refractivity contribution in [3.63, 3.8) is 0 Å². The third-order valence-electron chi connectivity index (χ3n) is 12.0. The molecule has 4 aromatic heterocycles. The quantitative estimate of drug-likeness (QED) is 0.0892. The van der Waals surface area contributed by atoms with Crippen LogP contribution in [0, 0.1) is 34.5 Å². The number of carboxylic acid groups (broad SMARTS) is 1. The number of rotatable bonds is 12.